The predicted molar refractivity (Wildman–Crippen MR) is 110 cm³/mol. The highest BCUT2D eigenvalue weighted by Gasteiger charge is 2.26. The van der Waals surface area contributed by atoms with E-state index in [1.165, 1.54) is 31.3 Å². The highest BCUT2D eigenvalue weighted by molar-refractivity contribution is 7.89. The largest absolute Gasteiger partial charge is 0.336 e. The fourth-order valence-electron chi connectivity index (χ4n) is 3.14. The van der Waals surface area contributed by atoms with Gasteiger partial charge in [0, 0.05) is 43.3 Å². The molecule has 6 nitrogen and oxygen atoms in total. The Morgan fingerprint density at radius 3 is 2.41 bits per heavy atom. The molecule has 0 spiro atoms. The van der Waals surface area contributed by atoms with Gasteiger partial charge < -0.3 is 4.90 Å². The van der Waals surface area contributed by atoms with E-state index in [0.29, 0.717) is 43.3 Å². The van der Waals surface area contributed by atoms with Crippen LogP contribution in [-0.4, -0.2) is 57.4 Å². The molecule has 2 aromatic carbocycles. The molecule has 1 heterocycles. The fraction of sp³-hybridized carbons (Fsp3) is 0.316. The number of nitrogens with one attached hydrogen (secondary N) is 1. The number of halogens is 3. The second-order valence-electron chi connectivity index (χ2n) is 6.62. The lowest BCUT2D eigenvalue weighted by Gasteiger charge is -2.35. The summed E-state index contributed by atoms with van der Waals surface area (Å²) in [5, 5.41) is 0.559. The Bertz CT molecular complexity index is 1010. The van der Waals surface area contributed by atoms with Crippen molar-refractivity contribution in [3.05, 3.63) is 63.4 Å². The lowest BCUT2D eigenvalue weighted by Crippen LogP contribution is -2.48. The third-order valence-electron chi connectivity index (χ3n) is 4.85. The summed E-state index contributed by atoms with van der Waals surface area (Å²) in [4.78, 5) is 16.5. The first kappa shape index (κ1) is 22.0. The van der Waals surface area contributed by atoms with Gasteiger partial charge in [0.05, 0.1) is 15.5 Å². The molecule has 10 heteroatoms. The molecule has 1 N–H and O–H groups in total. The first-order valence-electron chi connectivity index (χ1n) is 8.90. The van der Waals surface area contributed by atoms with Gasteiger partial charge >= 0.3 is 0 Å². The summed E-state index contributed by atoms with van der Waals surface area (Å²) in [6.45, 7) is 2.23. The average Bonchev–Trinajstić information content (AvgIpc) is 2.71. The third kappa shape index (κ3) is 4.90. The van der Waals surface area contributed by atoms with Crippen LogP contribution in [0.1, 0.15) is 15.9 Å². The number of sulfonamides is 1. The van der Waals surface area contributed by atoms with Gasteiger partial charge in [0.2, 0.25) is 10.0 Å². The van der Waals surface area contributed by atoms with Crippen LogP contribution in [0, 0.1) is 5.82 Å². The number of carbonyl (C=O) groups is 1. The Kier molecular flexibility index (Phi) is 6.80. The minimum absolute atomic E-state index is 0.0272. The van der Waals surface area contributed by atoms with Gasteiger partial charge in [-0.1, -0.05) is 29.3 Å². The van der Waals surface area contributed by atoms with Crippen LogP contribution in [0.2, 0.25) is 10.0 Å². The number of hydrogen-bond acceptors (Lipinski definition) is 4. The Hall–Kier alpha value is -1.71. The van der Waals surface area contributed by atoms with Gasteiger partial charge in [-0.15, -0.1) is 0 Å². The molecule has 29 heavy (non-hydrogen) atoms. The standard InChI is InChI=1S/C19H20Cl2FN3O3S/c1-23-29(27,28)13-5-6-17(21)14(11-13)19(26)25-9-7-24(8-10-25)12-15-16(20)3-2-4-18(15)22/h2-6,11,23H,7-10,12H2,1H3. The van der Waals surface area contributed by atoms with Crippen LogP contribution >= 0.6 is 23.2 Å². The van der Waals surface area contributed by atoms with E-state index in [2.05, 4.69) is 4.72 Å². The van der Waals surface area contributed by atoms with Crippen molar-refractivity contribution >= 4 is 39.1 Å². The molecular weight excluding hydrogens is 440 g/mol. The first-order chi connectivity index (χ1) is 13.7. The number of rotatable bonds is 5. The molecule has 0 aromatic heterocycles. The van der Waals surface area contributed by atoms with E-state index in [0.717, 1.165) is 0 Å². The smallest absolute Gasteiger partial charge is 0.255 e. The molecule has 1 fully saturated rings. The summed E-state index contributed by atoms with van der Waals surface area (Å²) in [5.41, 5.74) is 0.565. The number of amides is 1. The van der Waals surface area contributed by atoms with Crippen molar-refractivity contribution in [3.63, 3.8) is 0 Å². The summed E-state index contributed by atoms with van der Waals surface area (Å²) in [7, 11) is -2.39. The topological polar surface area (TPSA) is 69.7 Å². The second kappa shape index (κ2) is 8.97. The maximum atomic E-state index is 14.0. The van der Waals surface area contributed by atoms with Crippen LogP contribution in [0.3, 0.4) is 0 Å². The molecule has 1 saturated heterocycles. The SMILES string of the molecule is CNS(=O)(=O)c1ccc(Cl)c(C(=O)N2CCN(Cc3c(F)cccc3Cl)CC2)c1. The molecule has 0 saturated carbocycles. The number of piperazine rings is 1. The Balaban J connectivity index is 1.70. The Morgan fingerprint density at radius 2 is 1.79 bits per heavy atom. The molecule has 0 atom stereocenters. The molecular formula is C19H20Cl2FN3O3S. The van der Waals surface area contributed by atoms with E-state index in [1.54, 1.807) is 17.0 Å². The van der Waals surface area contributed by atoms with Gasteiger partial charge in [-0.25, -0.2) is 17.5 Å². The lowest BCUT2D eigenvalue weighted by atomic mass is 10.1. The molecule has 3 rings (SSSR count). The van der Waals surface area contributed by atoms with Crippen molar-refractivity contribution < 1.29 is 17.6 Å². The predicted octanol–water partition coefficient (Wildman–Crippen LogP) is 3.00. The first-order valence-corrected chi connectivity index (χ1v) is 11.1. The quantitative estimate of drug-likeness (QED) is 0.745. The maximum Gasteiger partial charge on any atom is 0.255 e. The van der Waals surface area contributed by atoms with E-state index in [4.69, 9.17) is 23.2 Å². The molecule has 1 amide bonds. The van der Waals surface area contributed by atoms with E-state index in [-0.39, 0.29) is 27.2 Å². The zero-order valence-corrected chi connectivity index (χ0v) is 18.0. The van der Waals surface area contributed by atoms with E-state index in [9.17, 15) is 17.6 Å². The fourth-order valence-corrected chi connectivity index (χ4v) is 4.32. The van der Waals surface area contributed by atoms with Crippen LogP contribution in [-0.2, 0) is 16.6 Å². The highest BCUT2D eigenvalue weighted by atomic mass is 35.5. The summed E-state index contributed by atoms with van der Waals surface area (Å²) in [6.07, 6.45) is 0. The Labute approximate surface area is 179 Å². The molecule has 156 valence electrons. The monoisotopic (exact) mass is 459 g/mol. The van der Waals surface area contributed by atoms with Gasteiger partial charge in [0.25, 0.3) is 5.91 Å². The van der Waals surface area contributed by atoms with E-state index >= 15 is 0 Å². The minimum Gasteiger partial charge on any atom is -0.336 e. The molecule has 0 radical (unpaired) electrons. The second-order valence-corrected chi connectivity index (χ2v) is 9.32. The number of hydrogen-bond donors (Lipinski definition) is 1. The van der Waals surface area contributed by atoms with Crippen LogP contribution in [0.25, 0.3) is 0 Å². The van der Waals surface area contributed by atoms with Crippen LogP contribution in [0.15, 0.2) is 41.3 Å². The average molecular weight is 460 g/mol. The minimum atomic E-state index is -3.69. The molecule has 0 unspecified atom stereocenters. The molecule has 1 aliphatic heterocycles. The summed E-state index contributed by atoms with van der Waals surface area (Å²) >= 11 is 12.2. The summed E-state index contributed by atoms with van der Waals surface area (Å²) in [6, 6.07) is 8.60. The normalized spacial score (nSPS) is 15.5. The Morgan fingerprint density at radius 1 is 1.10 bits per heavy atom. The van der Waals surface area contributed by atoms with Crippen LogP contribution in [0.5, 0.6) is 0 Å². The number of benzene rings is 2. The molecule has 0 bridgehead atoms. The van der Waals surface area contributed by atoms with Crippen LogP contribution < -0.4 is 4.72 Å². The van der Waals surface area contributed by atoms with Gasteiger partial charge in [-0.05, 0) is 37.4 Å². The number of nitrogens with zero attached hydrogens (tertiary/aromatic N) is 2. The van der Waals surface area contributed by atoms with Gasteiger partial charge in [0.1, 0.15) is 5.82 Å². The van der Waals surface area contributed by atoms with Crippen LogP contribution in [0.4, 0.5) is 4.39 Å². The number of carbonyl (C=O) groups excluding carboxylic acids is 1. The highest BCUT2D eigenvalue weighted by Crippen LogP contribution is 2.24. The zero-order chi connectivity index (χ0) is 21.2. The van der Waals surface area contributed by atoms with Crippen molar-refractivity contribution in [3.8, 4) is 0 Å². The zero-order valence-electron chi connectivity index (χ0n) is 15.7. The van der Waals surface area contributed by atoms with Crippen molar-refractivity contribution in [1.82, 2.24) is 14.5 Å². The third-order valence-corrected chi connectivity index (χ3v) is 6.95. The molecule has 0 aliphatic carbocycles. The van der Waals surface area contributed by atoms with E-state index in [1.807, 2.05) is 4.90 Å². The molecule has 1 aliphatic rings. The maximum absolute atomic E-state index is 14.0. The van der Waals surface area contributed by atoms with Crippen molar-refractivity contribution in [2.24, 2.45) is 0 Å². The van der Waals surface area contributed by atoms with Gasteiger partial charge in [0.15, 0.2) is 0 Å². The van der Waals surface area contributed by atoms with Crippen molar-refractivity contribution in [1.29, 1.82) is 0 Å². The summed E-state index contributed by atoms with van der Waals surface area (Å²) in [5.74, 6) is -0.697. The summed E-state index contributed by atoms with van der Waals surface area (Å²) < 4.78 is 40.2. The molecule has 2 aromatic rings. The van der Waals surface area contributed by atoms with Gasteiger partial charge in [-0.2, -0.15) is 0 Å². The van der Waals surface area contributed by atoms with Crippen molar-refractivity contribution in [2.45, 2.75) is 11.4 Å². The van der Waals surface area contributed by atoms with E-state index < -0.39 is 10.0 Å². The lowest BCUT2D eigenvalue weighted by molar-refractivity contribution is 0.0627. The van der Waals surface area contributed by atoms with Gasteiger partial charge in [-0.3, -0.25) is 9.69 Å². The van der Waals surface area contributed by atoms with Crippen molar-refractivity contribution in [2.75, 3.05) is 33.2 Å².